The molecule has 20 heavy (non-hydrogen) atoms. The molecular weight excluding hydrogens is 300 g/mol. The van der Waals surface area contributed by atoms with Crippen LogP contribution in [0.4, 0.5) is 5.69 Å². The Kier molecular flexibility index (Phi) is 4.08. The van der Waals surface area contributed by atoms with Crippen molar-refractivity contribution in [1.29, 1.82) is 0 Å². The van der Waals surface area contributed by atoms with Gasteiger partial charge in [-0.3, -0.25) is 0 Å². The van der Waals surface area contributed by atoms with Crippen molar-refractivity contribution in [2.24, 2.45) is 0 Å². The van der Waals surface area contributed by atoms with E-state index in [0.29, 0.717) is 24.1 Å². The summed E-state index contributed by atoms with van der Waals surface area (Å²) in [7, 11) is -6.87. The summed E-state index contributed by atoms with van der Waals surface area (Å²) in [5.74, 6) is 0.139. The highest BCUT2D eigenvalue weighted by atomic mass is 32.2. The number of nitrogens with two attached hydrogens (primary N) is 1. The molecule has 1 aliphatic rings. The van der Waals surface area contributed by atoms with Crippen LogP contribution < -0.4 is 10.5 Å². The lowest BCUT2D eigenvalue weighted by molar-refractivity contribution is 0.570. The van der Waals surface area contributed by atoms with E-state index in [2.05, 4.69) is 4.72 Å². The first-order valence-corrected chi connectivity index (χ1v) is 9.49. The number of benzene rings is 1. The minimum absolute atomic E-state index is 0.0749. The highest BCUT2D eigenvalue weighted by Crippen LogP contribution is 2.21. The fourth-order valence-electron chi connectivity index (χ4n) is 2.34. The lowest BCUT2D eigenvalue weighted by atomic mass is 10.2. The maximum absolute atomic E-state index is 12.2. The van der Waals surface area contributed by atoms with Gasteiger partial charge in [0.2, 0.25) is 10.0 Å². The molecule has 6 nitrogen and oxygen atoms in total. The van der Waals surface area contributed by atoms with E-state index in [1.165, 1.54) is 12.1 Å². The Hall–Kier alpha value is -1.12. The molecule has 1 fully saturated rings. The van der Waals surface area contributed by atoms with Crippen molar-refractivity contribution >= 4 is 25.5 Å². The van der Waals surface area contributed by atoms with E-state index < -0.39 is 25.1 Å². The third-order valence-electron chi connectivity index (χ3n) is 3.45. The van der Waals surface area contributed by atoms with Crippen LogP contribution in [0, 0.1) is 6.92 Å². The molecular formula is C12H18N2O4S2. The predicted molar refractivity (Wildman–Crippen MR) is 77.6 cm³/mol. The normalized spacial score (nSPS) is 21.9. The van der Waals surface area contributed by atoms with Crippen LogP contribution in [0.1, 0.15) is 18.4 Å². The molecule has 1 unspecified atom stereocenters. The van der Waals surface area contributed by atoms with Gasteiger partial charge in [-0.15, -0.1) is 0 Å². The van der Waals surface area contributed by atoms with Crippen LogP contribution in [0.5, 0.6) is 0 Å². The molecule has 1 aromatic rings. The van der Waals surface area contributed by atoms with Crippen molar-refractivity contribution in [3.8, 4) is 0 Å². The van der Waals surface area contributed by atoms with Crippen molar-refractivity contribution in [3.05, 3.63) is 23.8 Å². The van der Waals surface area contributed by atoms with Crippen molar-refractivity contribution in [2.75, 3.05) is 18.0 Å². The van der Waals surface area contributed by atoms with Gasteiger partial charge in [-0.1, -0.05) is 0 Å². The Balaban J connectivity index is 2.16. The standard InChI is InChI=1S/C12H18N2O4S2/c1-9-7-10(13)4-5-12(9)20(17,18)14-8-11-3-2-6-19(11,15)16/h4-5,7,11,14H,2-3,6,8,13H2,1H3. The topological polar surface area (TPSA) is 106 Å². The first kappa shape index (κ1) is 15.3. The van der Waals surface area contributed by atoms with Gasteiger partial charge in [0.05, 0.1) is 15.9 Å². The van der Waals surface area contributed by atoms with E-state index in [0.717, 1.165) is 0 Å². The molecule has 0 aliphatic carbocycles. The van der Waals surface area contributed by atoms with Gasteiger partial charge in [0.25, 0.3) is 0 Å². The highest BCUT2D eigenvalue weighted by Gasteiger charge is 2.32. The van der Waals surface area contributed by atoms with Crippen molar-refractivity contribution in [1.82, 2.24) is 4.72 Å². The van der Waals surface area contributed by atoms with E-state index in [4.69, 9.17) is 5.73 Å². The zero-order valence-electron chi connectivity index (χ0n) is 11.2. The van der Waals surface area contributed by atoms with E-state index >= 15 is 0 Å². The number of aryl methyl sites for hydroxylation is 1. The second-order valence-corrected chi connectivity index (χ2v) is 9.14. The number of hydrogen-bond donors (Lipinski definition) is 2. The molecule has 0 aromatic heterocycles. The van der Waals surface area contributed by atoms with Crippen molar-refractivity contribution in [2.45, 2.75) is 29.9 Å². The van der Waals surface area contributed by atoms with E-state index in [-0.39, 0.29) is 17.2 Å². The average Bonchev–Trinajstić information content (AvgIpc) is 2.65. The first-order valence-electron chi connectivity index (χ1n) is 6.30. The maximum Gasteiger partial charge on any atom is 0.240 e. The van der Waals surface area contributed by atoms with Crippen molar-refractivity contribution in [3.63, 3.8) is 0 Å². The second-order valence-electron chi connectivity index (χ2n) is 5.01. The van der Waals surface area contributed by atoms with Gasteiger partial charge in [0.15, 0.2) is 9.84 Å². The van der Waals surface area contributed by atoms with Crippen molar-refractivity contribution < 1.29 is 16.8 Å². The molecule has 0 bridgehead atoms. The number of sulfone groups is 1. The molecule has 1 aromatic carbocycles. The summed E-state index contributed by atoms with van der Waals surface area (Å²) in [6.07, 6.45) is 1.10. The van der Waals surface area contributed by atoms with E-state index in [1.54, 1.807) is 13.0 Å². The minimum atomic E-state index is -3.72. The monoisotopic (exact) mass is 318 g/mol. The number of anilines is 1. The van der Waals surface area contributed by atoms with Gasteiger partial charge >= 0.3 is 0 Å². The summed E-state index contributed by atoms with van der Waals surface area (Å²) >= 11 is 0. The smallest absolute Gasteiger partial charge is 0.240 e. The molecule has 1 saturated heterocycles. The van der Waals surface area contributed by atoms with Crippen LogP contribution in [-0.4, -0.2) is 34.4 Å². The van der Waals surface area contributed by atoms with Gasteiger partial charge in [0, 0.05) is 12.2 Å². The molecule has 0 saturated carbocycles. The van der Waals surface area contributed by atoms with Gasteiger partial charge in [-0.2, -0.15) is 0 Å². The fraction of sp³-hybridized carbons (Fsp3) is 0.500. The second kappa shape index (κ2) is 5.34. The van der Waals surface area contributed by atoms with Crippen LogP contribution >= 0.6 is 0 Å². The molecule has 112 valence electrons. The van der Waals surface area contributed by atoms with Crippen LogP contribution in [0.2, 0.25) is 0 Å². The first-order chi connectivity index (χ1) is 9.22. The maximum atomic E-state index is 12.2. The SMILES string of the molecule is Cc1cc(N)ccc1S(=O)(=O)NCC1CCCS1(=O)=O. The largest absolute Gasteiger partial charge is 0.399 e. The summed E-state index contributed by atoms with van der Waals surface area (Å²) in [6, 6.07) is 4.50. The third kappa shape index (κ3) is 3.13. The molecule has 2 rings (SSSR count). The molecule has 1 atom stereocenters. The number of rotatable bonds is 4. The predicted octanol–water partition coefficient (Wildman–Crippen LogP) is 0.433. The summed E-state index contributed by atoms with van der Waals surface area (Å²) in [4.78, 5) is 0.127. The fourth-order valence-corrected chi connectivity index (χ4v) is 5.52. The lowest BCUT2D eigenvalue weighted by Gasteiger charge is -2.13. The summed E-state index contributed by atoms with van der Waals surface area (Å²) < 4.78 is 50.1. The lowest BCUT2D eigenvalue weighted by Crippen LogP contribution is -2.34. The molecule has 8 heteroatoms. The third-order valence-corrected chi connectivity index (χ3v) is 7.31. The summed E-state index contributed by atoms with van der Waals surface area (Å²) in [5, 5.41) is -0.619. The van der Waals surface area contributed by atoms with Crippen LogP contribution in [0.25, 0.3) is 0 Å². The Bertz CT molecular complexity index is 711. The highest BCUT2D eigenvalue weighted by molar-refractivity contribution is 7.92. The van der Waals surface area contributed by atoms with Gasteiger partial charge in [0.1, 0.15) is 0 Å². The van der Waals surface area contributed by atoms with Crippen LogP contribution in [0.3, 0.4) is 0 Å². The minimum Gasteiger partial charge on any atom is -0.399 e. The zero-order valence-corrected chi connectivity index (χ0v) is 12.8. The Labute approximate surface area is 119 Å². The molecule has 0 amide bonds. The number of nitrogens with one attached hydrogen (secondary N) is 1. The van der Waals surface area contributed by atoms with Crippen LogP contribution in [0.15, 0.2) is 23.1 Å². The average molecular weight is 318 g/mol. The number of sulfonamides is 1. The van der Waals surface area contributed by atoms with Gasteiger partial charge in [-0.25, -0.2) is 21.6 Å². The molecule has 0 radical (unpaired) electrons. The Morgan fingerprint density at radius 1 is 1.40 bits per heavy atom. The Morgan fingerprint density at radius 3 is 2.65 bits per heavy atom. The summed E-state index contributed by atoms with van der Waals surface area (Å²) in [6.45, 7) is 1.58. The zero-order chi connectivity index (χ0) is 15.0. The van der Waals surface area contributed by atoms with Gasteiger partial charge in [-0.05, 0) is 43.5 Å². The van der Waals surface area contributed by atoms with Crippen LogP contribution in [-0.2, 0) is 19.9 Å². The quantitative estimate of drug-likeness (QED) is 0.783. The molecule has 1 aliphatic heterocycles. The number of hydrogen-bond acceptors (Lipinski definition) is 5. The van der Waals surface area contributed by atoms with E-state index in [9.17, 15) is 16.8 Å². The molecule has 1 heterocycles. The summed E-state index contributed by atoms with van der Waals surface area (Å²) in [5.41, 5.74) is 6.61. The number of nitrogen functional groups attached to an aromatic ring is 1. The van der Waals surface area contributed by atoms with Gasteiger partial charge < -0.3 is 5.73 Å². The molecule has 0 spiro atoms. The molecule has 3 N–H and O–H groups in total. The van der Waals surface area contributed by atoms with E-state index in [1.807, 2.05) is 0 Å². The Morgan fingerprint density at radius 2 is 2.10 bits per heavy atom.